The van der Waals surface area contributed by atoms with Gasteiger partial charge in [0.25, 0.3) is 0 Å². The number of furan rings is 1. The third-order valence-corrected chi connectivity index (χ3v) is 2.30. The highest BCUT2D eigenvalue weighted by molar-refractivity contribution is 5.72. The molecule has 0 amide bonds. The van der Waals surface area contributed by atoms with E-state index in [2.05, 4.69) is 10.1 Å². The predicted molar refractivity (Wildman–Crippen MR) is 56.3 cm³/mol. The smallest absolute Gasteiger partial charge is 0.309 e. The molecular formula is C11H17NO3. The van der Waals surface area contributed by atoms with E-state index in [1.54, 1.807) is 6.26 Å². The van der Waals surface area contributed by atoms with Crippen molar-refractivity contribution < 1.29 is 13.9 Å². The summed E-state index contributed by atoms with van der Waals surface area (Å²) in [5.74, 6) is 0.522. The Balaban J connectivity index is 2.34. The molecule has 0 fully saturated rings. The Morgan fingerprint density at radius 2 is 2.33 bits per heavy atom. The van der Waals surface area contributed by atoms with E-state index in [4.69, 9.17) is 4.42 Å². The van der Waals surface area contributed by atoms with Crippen LogP contribution in [0.1, 0.15) is 25.6 Å². The molecule has 0 aliphatic rings. The van der Waals surface area contributed by atoms with Crippen LogP contribution >= 0.6 is 0 Å². The second-order valence-corrected chi connectivity index (χ2v) is 3.57. The predicted octanol–water partition coefficient (Wildman–Crippen LogP) is 1.74. The van der Waals surface area contributed by atoms with Crippen molar-refractivity contribution in [3.63, 3.8) is 0 Å². The highest BCUT2D eigenvalue weighted by Gasteiger charge is 2.15. The van der Waals surface area contributed by atoms with Crippen molar-refractivity contribution in [2.75, 3.05) is 13.7 Å². The molecule has 0 spiro atoms. The molecule has 0 aromatic carbocycles. The van der Waals surface area contributed by atoms with E-state index in [0.717, 1.165) is 5.76 Å². The largest absolute Gasteiger partial charge is 0.469 e. The van der Waals surface area contributed by atoms with Crippen LogP contribution in [0.4, 0.5) is 0 Å². The Labute approximate surface area is 89.6 Å². The molecule has 0 saturated carbocycles. The minimum Gasteiger partial charge on any atom is -0.469 e. The number of hydrogen-bond acceptors (Lipinski definition) is 4. The molecule has 2 unspecified atom stereocenters. The molecule has 1 aromatic rings. The van der Waals surface area contributed by atoms with E-state index in [1.165, 1.54) is 7.11 Å². The van der Waals surface area contributed by atoms with Crippen LogP contribution < -0.4 is 5.32 Å². The maximum Gasteiger partial charge on any atom is 0.309 e. The number of methoxy groups -OCH3 is 1. The van der Waals surface area contributed by atoms with Crippen LogP contribution in [-0.4, -0.2) is 19.6 Å². The minimum atomic E-state index is -0.200. The molecule has 1 N–H and O–H groups in total. The molecule has 1 rings (SSSR count). The van der Waals surface area contributed by atoms with Gasteiger partial charge in [-0.2, -0.15) is 0 Å². The number of ether oxygens (including phenoxy) is 1. The van der Waals surface area contributed by atoms with E-state index in [0.29, 0.717) is 6.54 Å². The van der Waals surface area contributed by atoms with Crippen molar-refractivity contribution in [2.45, 2.75) is 19.9 Å². The molecule has 4 nitrogen and oxygen atoms in total. The zero-order valence-corrected chi connectivity index (χ0v) is 9.32. The average molecular weight is 211 g/mol. The van der Waals surface area contributed by atoms with Gasteiger partial charge in [0.2, 0.25) is 0 Å². The summed E-state index contributed by atoms with van der Waals surface area (Å²) in [6.07, 6.45) is 1.64. The van der Waals surface area contributed by atoms with Crippen molar-refractivity contribution in [3.05, 3.63) is 24.2 Å². The van der Waals surface area contributed by atoms with Crippen molar-refractivity contribution in [3.8, 4) is 0 Å². The fourth-order valence-electron chi connectivity index (χ4n) is 1.28. The summed E-state index contributed by atoms with van der Waals surface area (Å²) < 4.78 is 9.87. The zero-order chi connectivity index (χ0) is 11.3. The summed E-state index contributed by atoms with van der Waals surface area (Å²) >= 11 is 0. The molecule has 0 aliphatic heterocycles. The fourth-order valence-corrected chi connectivity index (χ4v) is 1.28. The normalized spacial score (nSPS) is 14.6. The van der Waals surface area contributed by atoms with Gasteiger partial charge in [0, 0.05) is 6.54 Å². The van der Waals surface area contributed by atoms with Crippen LogP contribution in [0.15, 0.2) is 22.8 Å². The van der Waals surface area contributed by atoms with Crippen LogP contribution in [0.3, 0.4) is 0 Å². The summed E-state index contributed by atoms with van der Waals surface area (Å²) in [4.78, 5) is 11.1. The maximum absolute atomic E-state index is 11.1. The van der Waals surface area contributed by atoms with Gasteiger partial charge < -0.3 is 14.5 Å². The number of carbonyl (C=O) groups is 1. The highest BCUT2D eigenvalue weighted by Crippen LogP contribution is 2.12. The zero-order valence-electron chi connectivity index (χ0n) is 9.32. The van der Waals surface area contributed by atoms with Crippen molar-refractivity contribution in [1.82, 2.24) is 5.32 Å². The lowest BCUT2D eigenvalue weighted by molar-refractivity contribution is -0.144. The maximum atomic E-state index is 11.1. The molecule has 0 aliphatic carbocycles. The molecule has 1 aromatic heterocycles. The van der Waals surface area contributed by atoms with Gasteiger partial charge >= 0.3 is 5.97 Å². The number of carbonyl (C=O) groups excluding carboxylic acids is 1. The third-order valence-electron chi connectivity index (χ3n) is 2.30. The van der Waals surface area contributed by atoms with Gasteiger partial charge in [-0.25, -0.2) is 0 Å². The van der Waals surface area contributed by atoms with Gasteiger partial charge in [0.1, 0.15) is 5.76 Å². The standard InChI is InChI=1S/C11H17NO3/c1-8(11(13)14-3)7-12-9(2)10-5-4-6-15-10/h4-6,8-9,12H,7H2,1-3H3. The minimum absolute atomic E-state index is 0.104. The number of nitrogens with one attached hydrogen (secondary N) is 1. The molecule has 15 heavy (non-hydrogen) atoms. The molecule has 84 valence electrons. The average Bonchev–Trinajstić information content (AvgIpc) is 2.77. The Morgan fingerprint density at radius 1 is 1.60 bits per heavy atom. The first-order valence-electron chi connectivity index (χ1n) is 4.99. The summed E-state index contributed by atoms with van der Waals surface area (Å²) in [5.41, 5.74) is 0. The Morgan fingerprint density at radius 3 is 2.87 bits per heavy atom. The van der Waals surface area contributed by atoms with Crippen LogP contribution in [-0.2, 0) is 9.53 Å². The first-order valence-corrected chi connectivity index (χ1v) is 4.99. The molecular weight excluding hydrogens is 194 g/mol. The van der Waals surface area contributed by atoms with Gasteiger partial charge in [-0.05, 0) is 19.1 Å². The second-order valence-electron chi connectivity index (χ2n) is 3.57. The lowest BCUT2D eigenvalue weighted by Crippen LogP contribution is -2.29. The summed E-state index contributed by atoms with van der Waals surface area (Å²) in [6.45, 7) is 4.39. The number of rotatable bonds is 5. The van der Waals surface area contributed by atoms with Gasteiger partial charge in [-0.15, -0.1) is 0 Å². The number of esters is 1. The molecule has 0 radical (unpaired) electrons. The number of hydrogen-bond donors (Lipinski definition) is 1. The Kier molecular flexibility index (Phi) is 4.37. The fraction of sp³-hybridized carbons (Fsp3) is 0.545. The lowest BCUT2D eigenvalue weighted by atomic mass is 10.1. The summed E-state index contributed by atoms with van der Waals surface area (Å²) in [6, 6.07) is 3.85. The van der Waals surface area contributed by atoms with Crippen LogP contribution in [0, 0.1) is 5.92 Å². The van der Waals surface area contributed by atoms with Crippen molar-refractivity contribution in [1.29, 1.82) is 0 Å². The first kappa shape index (κ1) is 11.8. The van der Waals surface area contributed by atoms with E-state index < -0.39 is 0 Å². The van der Waals surface area contributed by atoms with Crippen LogP contribution in [0.25, 0.3) is 0 Å². The SMILES string of the molecule is COC(=O)C(C)CNC(C)c1ccco1. The highest BCUT2D eigenvalue weighted by atomic mass is 16.5. The second kappa shape index (κ2) is 5.56. The van der Waals surface area contributed by atoms with Crippen LogP contribution in [0.5, 0.6) is 0 Å². The quantitative estimate of drug-likeness (QED) is 0.754. The monoisotopic (exact) mass is 211 g/mol. The molecule has 0 saturated heterocycles. The summed E-state index contributed by atoms with van der Waals surface area (Å²) in [5, 5.41) is 3.21. The third kappa shape index (κ3) is 3.40. The van der Waals surface area contributed by atoms with Gasteiger partial charge in [-0.1, -0.05) is 6.92 Å². The van der Waals surface area contributed by atoms with E-state index in [1.807, 2.05) is 26.0 Å². The van der Waals surface area contributed by atoms with Gasteiger partial charge in [0.05, 0.1) is 25.3 Å². The molecule has 2 atom stereocenters. The first-order chi connectivity index (χ1) is 7.15. The lowest BCUT2D eigenvalue weighted by Gasteiger charge is -2.14. The Bertz CT molecular complexity index is 295. The van der Waals surface area contributed by atoms with E-state index in [9.17, 15) is 4.79 Å². The van der Waals surface area contributed by atoms with Crippen LogP contribution in [0.2, 0.25) is 0 Å². The molecule has 1 heterocycles. The Hall–Kier alpha value is -1.29. The topological polar surface area (TPSA) is 51.5 Å². The van der Waals surface area contributed by atoms with Gasteiger partial charge in [-0.3, -0.25) is 4.79 Å². The van der Waals surface area contributed by atoms with E-state index in [-0.39, 0.29) is 17.9 Å². The van der Waals surface area contributed by atoms with Gasteiger partial charge in [0.15, 0.2) is 0 Å². The molecule has 4 heteroatoms. The summed E-state index contributed by atoms with van der Waals surface area (Å²) in [7, 11) is 1.40. The molecule has 0 bridgehead atoms. The van der Waals surface area contributed by atoms with Crippen molar-refractivity contribution >= 4 is 5.97 Å². The van der Waals surface area contributed by atoms with Crippen molar-refractivity contribution in [2.24, 2.45) is 5.92 Å². The van der Waals surface area contributed by atoms with E-state index >= 15 is 0 Å².